The first-order valence-electron chi connectivity index (χ1n) is 5.30. The zero-order valence-corrected chi connectivity index (χ0v) is 9.36. The van der Waals surface area contributed by atoms with E-state index in [9.17, 15) is 0 Å². The third-order valence-corrected chi connectivity index (χ3v) is 2.61. The van der Waals surface area contributed by atoms with Gasteiger partial charge in [0.2, 0.25) is 0 Å². The van der Waals surface area contributed by atoms with Crippen molar-refractivity contribution in [3.05, 3.63) is 35.9 Å². The highest BCUT2D eigenvalue weighted by Gasteiger charge is 2.11. The summed E-state index contributed by atoms with van der Waals surface area (Å²) >= 11 is 0. The number of hydrogen-bond acceptors (Lipinski definition) is 1. The molecule has 0 spiro atoms. The van der Waals surface area contributed by atoms with E-state index < -0.39 is 0 Å². The number of methoxy groups -OCH3 is 1. The van der Waals surface area contributed by atoms with Crippen molar-refractivity contribution in [1.82, 2.24) is 0 Å². The minimum atomic E-state index is 0.384. The van der Waals surface area contributed by atoms with Gasteiger partial charge in [-0.15, -0.1) is 0 Å². The molecule has 0 heterocycles. The van der Waals surface area contributed by atoms with E-state index in [0.29, 0.717) is 12.0 Å². The smallest absolute Gasteiger partial charge is 0.0597 e. The number of hydrogen-bond donors (Lipinski definition) is 0. The van der Waals surface area contributed by atoms with Crippen molar-refractivity contribution in [3.63, 3.8) is 0 Å². The van der Waals surface area contributed by atoms with Crippen LogP contribution in [-0.4, -0.2) is 13.2 Å². The summed E-state index contributed by atoms with van der Waals surface area (Å²) in [7, 11) is 1.80. The van der Waals surface area contributed by atoms with Crippen molar-refractivity contribution in [2.24, 2.45) is 5.92 Å². The van der Waals surface area contributed by atoms with Gasteiger partial charge in [-0.1, -0.05) is 44.2 Å². The first kappa shape index (κ1) is 11.3. The Morgan fingerprint density at radius 3 is 2.29 bits per heavy atom. The van der Waals surface area contributed by atoms with Gasteiger partial charge in [-0.3, -0.25) is 0 Å². The zero-order chi connectivity index (χ0) is 10.4. The standard InChI is InChI=1S/C13H20O/c1-11(2)13(14-3)10-9-12-7-5-4-6-8-12/h4-8,11,13H,9-10H2,1-3H3. The van der Waals surface area contributed by atoms with Crippen molar-refractivity contribution in [1.29, 1.82) is 0 Å². The molecule has 1 atom stereocenters. The third kappa shape index (κ3) is 3.51. The molecule has 0 aliphatic rings. The first-order valence-corrected chi connectivity index (χ1v) is 5.30. The van der Waals surface area contributed by atoms with Crippen molar-refractivity contribution in [2.45, 2.75) is 32.8 Å². The lowest BCUT2D eigenvalue weighted by atomic mass is 9.99. The molecule has 0 saturated carbocycles. The van der Waals surface area contributed by atoms with E-state index in [4.69, 9.17) is 4.74 Å². The lowest BCUT2D eigenvalue weighted by Gasteiger charge is -2.18. The van der Waals surface area contributed by atoms with Gasteiger partial charge in [-0.05, 0) is 24.3 Å². The molecule has 0 N–H and O–H groups in total. The van der Waals surface area contributed by atoms with Gasteiger partial charge >= 0.3 is 0 Å². The van der Waals surface area contributed by atoms with Crippen LogP contribution in [0.2, 0.25) is 0 Å². The van der Waals surface area contributed by atoms with Crippen LogP contribution in [0.15, 0.2) is 30.3 Å². The zero-order valence-electron chi connectivity index (χ0n) is 9.36. The Labute approximate surface area is 87.1 Å². The van der Waals surface area contributed by atoms with E-state index in [2.05, 4.69) is 44.2 Å². The number of rotatable bonds is 5. The average Bonchev–Trinajstić information content (AvgIpc) is 2.20. The number of ether oxygens (including phenoxy) is 1. The van der Waals surface area contributed by atoms with Crippen LogP contribution in [-0.2, 0) is 11.2 Å². The quantitative estimate of drug-likeness (QED) is 0.695. The second-order valence-electron chi connectivity index (χ2n) is 4.04. The summed E-state index contributed by atoms with van der Waals surface area (Å²) in [4.78, 5) is 0. The minimum Gasteiger partial charge on any atom is -0.381 e. The summed E-state index contributed by atoms with van der Waals surface area (Å²) in [5, 5.41) is 0. The predicted octanol–water partition coefficient (Wildman–Crippen LogP) is 3.29. The van der Waals surface area contributed by atoms with E-state index in [1.165, 1.54) is 5.56 Å². The minimum absolute atomic E-state index is 0.384. The Hall–Kier alpha value is -0.820. The van der Waals surface area contributed by atoms with Gasteiger partial charge in [0.25, 0.3) is 0 Å². The maximum atomic E-state index is 5.43. The molecule has 0 fully saturated rings. The van der Waals surface area contributed by atoms with Crippen molar-refractivity contribution in [3.8, 4) is 0 Å². The highest BCUT2D eigenvalue weighted by atomic mass is 16.5. The Balaban J connectivity index is 2.40. The van der Waals surface area contributed by atoms with E-state index in [0.717, 1.165) is 12.8 Å². The van der Waals surface area contributed by atoms with Crippen LogP contribution in [0.1, 0.15) is 25.8 Å². The molecule has 1 aromatic rings. The van der Waals surface area contributed by atoms with Crippen molar-refractivity contribution in [2.75, 3.05) is 7.11 Å². The third-order valence-electron chi connectivity index (χ3n) is 2.61. The Kier molecular flexibility index (Phi) is 4.68. The van der Waals surface area contributed by atoms with Crippen LogP contribution in [0.25, 0.3) is 0 Å². The first-order chi connectivity index (χ1) is 6.74. The van der Waals surface area contributed by atoms with Gasteiger partial charge in [0.1, 0.15) is 0 Å². The van der Waals surface area contributed by atoms with Crippen LogP contribution in [0, 0.1) is 5.92 Å². The molecule has 0 amide bonds. The van der Waals surface area contributed by atoms with Crippen LogP contribution < -0.4 is 0 Å². The summed E-state index contributed by atoms with van der Waals surface area (Å²) in [5.74, 6) is 0.601. The topological polar surface area (TPSA) is 9.23 Å². The maximum Gasteiger partial charge on any atom is 0.0597 e. The van der Waals surface area contributed by atoms with Crippen LogP contribution in [0.5, 0.6) is 0 Å². The fraction of sp³-hybridized carbons (Fsp3) is 0.538. The number of aryl methyl sites for hydroxylation is 1. The second kappa shape index (κ2) is 5.82. The molecule has 0 aromatic heterocycles. The Bertz CT molecular complexity index is 241. The molecule has 0 saturated heterocycles. The molecule has 1 nitrogen and oxygen atoms in total. The van der Waals surface area contributed by atoms with Crippen LogP contribution in [0.4, 0.5) is 0 Å². The van der Waals surface area contributed by atoms with Gasteiger partial charge < -0.3 is 4.74 Å². The van der Waals surface area contributed by atoms with E-state index in [1.807, 2.05) is 0 Å². The largest absolute Gasteiger partial charge is 0.381 e. The Morgan fingerprint density at radius 2 is 1.79 bits per heavy atom. The van der Waals surface area contributed by atoms with Gasteiger partial charge in [0.15, 0.2) is 0 Å². The van der Waals surface area contributed by atoms with Crippen molar-refractivity contribution < 1.29 is 4.74 Å². The molecule has 1 unspecified atom stereocenters. The normalized spacial score (nSPS) is 13.1. The van der Waals surface area contributed by atoms with Crippen LogP contribution in [0.3, 0.4) is 0 Å². The summed E-state index contributed by atoms with van der Waals surface area (Å²) < 4.78 is 5.43. The van der Waals surface area contributed by atoms with Gasteiger partial charge in [0.05, 0.1) is 6.10 Å². The molecule has 1 heteroatoms. The highest BCUT2D eigenvalue weighted by Crippen LogP contribution is 2.13. The summed E-state index contributed by atoms with van der Waals surface area (Å²) in [6, 6.07) is 10.6. The fourth-order valence-electron chi connectivity index (χ4n) is 1.68. The van der Waals surface area contributed by atoms with E-state index >= 15 is 0 Å². The maximum absolute atomic E-state index is 5.43. The average molecular weight is 192 g/mol. The molecule has 0 bridgehead atoms. The number of benzene rings is 1. The molecule has 78 valence electrons. The fourth-order valence-corrected chi connectivity index (χ4v) is 1.68. The lowest BCUT2D eigenvalue weighted by Crippen LogP contribution is -2.18. The van der Waals surface area contributed by atoms with Crippen LogP contribution >= 0.6 is 0 Å². The second-order valence-corrected chi connectivity index (χ2v) is 4.04. The molecular formula is C13H20O. The molecule has 0 radical (unpaired) electrons. The monoisotopic (exact) mass is 192 g/mol. The van der Waals surface area contributed by atoms with E-state index in [1.54, 1.807) is 7.11 Å². The SMILES string of the molecule is COC(CCc1ccccc1)C(C)C. The summed E-state index contributed by atoms with van der Waals surface area (Å²) in [6.07, 6.45) is 2.60. The molecule has 0 aliphatic carbocycles. The van der Waals surface area contributed by atoms with Gasteiger partial charge in [-0.25, -0.2) is 0 Å². The molecule has 1 rings (SSSR count). The summed E-state index contributed by atoms with van der Waals surface area (Å²) in [5.41, 5.74) is 1.40. The van der Waals surface area contributed by atoms with Crippen molar-refractivity contribution >= 4 is 0 Å². The Morgan fingerprint density at radius 1 is 1.14 bits per heavy atom. The predicted molar refractivity (Wildman–Crippen MR) is 60.4 cm³/mol. The molecule has 0 aliphatic heterocycles. The molecule has 1 aromatic carbocycles. The summed E-state index contributed by atoms with van der Waals surface area (Å²) in [6.45, 7) is 4.42. The highest BCUT2D eigenvalue weighted by molar-refractivity contribution is 5.14. The lowest BCUT2D eigenvalue weighted by molar-refractivity contribution is 0.0584. The molecule has 14 heavy (non-hydrogen) atoms. The van der Waals surface area contributed by atoms with Gasteiger partial charge in [-0.2, -0.15) is 0 Å². The van der Waals surface area contributed by atoms with Gasteiger partial charge in [0, 0.05) is 7.11 Å². The molecular weight excluding hydrogens is 172 g/mol. The van der Waals surface area contributed by atoms with E-state index in [-0.39, 0.29) is 0 Å².